The molecular formula is C38H62N2O4+2. The number of carbonyl (C=O) groups excluding carboxylic acids is 2. The van der Waals surface area contributed by atoms with E-state index in [1.807, 2.05) is 26.0 Å². The standard InChI is InChI=1S/C38H62N2O4/c1-29(2)33-21-19-31(5)25-35(33)43-37(41)27-39(7,8)23-17-15-13-11-12-14-16-18-24-40(9,10)28-38(42)44-36-26-32(6)20-22-34(36)30(3)4/h19-22,25-26,29-30H,11-18,23-24,27-28H2,1-10H3/q+2. The van der Waals surface area contributed by atoms with Crippen LogP contribution >= 0.6 is 0 Å². The maximum absolute atomic E-state index is 12.7. The zero-order valence-corrected chi connectivity index (χ0v) is 29.6. The van der Waals surface area contributed by atoms with Crippen molar-refractivity contribution in [3.05, 3.63) is 58.7 Å². The van der Waals surface area contributed by atoms with E-state index in [-0.39, 0.29) is 11.9 Å². The Morgan fingerprint density at radius 3 is 1.20 bits per heavy atom. The van der Waals surface area contributed by atoms with Crippen molar-refractivity contribution in [3.63, 3.8) is 0 Å². The van der Waals surface area contributed by atoms with Gasteiger partial charge >= 0.3 is 11.9 Å². The van der Waals surface area contributed by atoms with Gasteiger partial charge in [0, 0.05) is 0 Å². The SMILES string of the molecule is Cc1ccc(C(C)C)c(OC(=O)C[N+](C)(C)CCCCCCCCCC[N+](C)(C)CC(=O)Oc2cc(C)ccc2C(C)C)c1. The number of esters is 2. The Labute approximate surface area is 268 Å². The Morgan fingerprint density at radius 1 is 0.568 bits per heavy atom. The van der Waals surface area contributed by atoms with Crippen molar-refractivity contribution in [2.24, 2.45) is 0 Å². The van der Waals surface area contributed by atoms with Crippen LogP contribution in [0.5, 0.6) is 11.5 Å². The highest BCUT2D eigenvalue weighted by molar-refractivity contribution is 5.74. The van der Waals surface area contributed by atoms with E-state index in [4.69, 9.17) is 9.47 Å². The predicted octanol–water partition coefficient (Wildman–Crippen LogP) is 8.33. The number of nitrogens with zero attached hydrogens (tertiary/aromatic N) is 2. The van der Waals surface area contributed by atoms with Gasteiger partial charge in [0.15, 0.2) is 13.1 Å². The highest BCUT2D eigenvalue weighted by Gasteiger charge is 2.24. The number of benzene rings is 2. The highest BCUT2D eigenvalue weighted by Crippen LogP contribution is 2.29. The monoisotopic (exact) mass is 610 g/mol. The molecule has 246 valence electrons. The Hall–Kier alpha value is -2.70. The maximum Gasteiger partial charge on any atom is 0.367 e. The van der Waals surface area contributed by atoms with Crippen molar-refractivity contribution < 1.29 is 28.0 Å². The maximum atomic E-state index is 12.7. The lowest BCUT2D eigenvalue weighted by molar-refractivity contribution is -0.883. The summed E-state index contributed by atoms with van der Waals surface area (Å²) in [5.74, 6) is 1.71. The van der Waals surface area contributed by atoms with Crippen LogP contribution in [0.1, 0.15) is 113 Å². The van der Waals surface area contributed by atoms with Crippen LogP contribution in [-0.4, -0.2) is 75.3 Å². The smallest absolute Gasteiger partial charge is 0.367 e. The van der Waals surface area contributed by atoms with Crippen LogP contribution in [0.2, 0.25) is 0 Å². The van der Waals surface area contributed by atoms with Crippen LogP contribution in [0.15, 0.2) is 36.4 Å². The van der Waals surface area contributed by atoms with E-state index in [0.717, 1.165) is 48.2 Å². The van der Waals surface area contributed by atoms with Crippen LogP contribution in [-0.2, 0) is 9.59 Å². The second kappa shape index (κ2) is 17.7. The number of rotatable bonds is 19. The van der Waals surface area contributed by atoms with Crippen LogP contribution < -0.4 is 9.47 Å². The zero-order chi connectivity index (χ0) is 32.9. The summed E-state index contributed by atoms with van der Waals surface area (Å²) in [6.07, 6.45) is 9.58. The van der Waals surface area contributed by atoms with Crippen molar-refractivity contribution in [2.45, 2.75) is 105 Å². The molecular weight excluding hydrogens is 548 g/mol. The number of hydrogen-bond acceptors (Lipinski definition) is 4. The Kier molecular flexibility index (Phi) is 15.1. The summed E-state index contributed by atoms with van der Waals surface area (Å²) < 4.78 is 12.9. The normalized spacial score (nSPS) is 12.2. The number of quaternary nitrogens is 2. The van der Waals surface area contributed by atoms with Crippen LogP contribution in [0, 0.1) is 13.8 Å². The first-order valence-corrected chi connectivity index (χ1v) is 16.8. The molecule has 2 aromatic rings. The summed E-state index contributed by atoms with van der Waals surface area (Å²) in [6, 6.07) is 12.2. The minimum Gasteiger partial charge on any atom is -0.422 e. The number of hydrogen-bond donors (Lipinski definition) is 0. The van der Waals surface area contributed by atoms with Gasteiger partial charge in [0.1, 0.15) is 11.5 Å². The first kappa shape index (κ1) is 37.5. The van der Waals surface area contributed by atoms with E-state index in [0.29, 0.717) is 45.4 Å². The molecule has 2 rings (SSSR count). The van der Waals surface area contributed by atoms with E-state index in [1.165, 1.54) is 38.5 Å². The lowest BCUT2D eigenvalue weighted by atomic mass is 10.0. The summed E-state index contributed by atoms with van der Waals surface area (Å²) >= 11 is 0. The summed E-state index contributed by atoms with van der Waals surface area (Å²) in [4.78, 5) is 25.5. The largest absolute Gasteiger partial charge is 0.422 e. The van der Waals surface area contributed by atoms with Crippen molar-refractivity contribution in [1.82, 2.24) is 0 Å². The average Bonchev–Trinajstić information content (AvgIpc) is 2.88. The summed E-state index contributed by atoms with van der Waals surface area (Å²) in [6.45, 7) is 15.2. The molecule has 0 saturated carbocycles. The van der Waals surface area contributed by atoms with Gasteiger partial charge in [-0.2, -0.15) is 0 Å². The van der Waals surface area contributed by atoms with Gasteiger partial charge in [-0.25, -0.2) is 9.59 Å². The second-order valence-electron chi connectivity index (χ2n) is 14.8. The molecule has 0 heterocycles. The third-order valence-electron chi connectivity index (χ3n) is 8.42. The van der Waals surface area contributed by atoms with Crippen molar-refractivity contribution in [2.75, 3.05) is 54.4 Å². The number of ether oxygens (including phenoxy) is 2. The van der Waals surface area contributed by atoms with Crippen molar-refractivity contribution >= 4 is 11.9 Å². The minimum atomic E-state index is -0.160. The number of likely N-dealkylation sites (N-methyl/N-ethyl adjacent to an activating group) is 2. The Morgan fingerprint density at radius 2 is 0.886 bits per heavy atom. The van der Waals surface area contributed by atoms with E-state index in [1.54, 1.807) is 0 Å². The van der Waals surface area contributed by atoms with Gasteiger partial charge in [-0.1, -0.05) is 77.6 Å². The Bertz CT molecular complexity index is 1110. The number of carbonyl (C=O) groups is 2. The molecule has 0 radical (unpaired) electrons. The van der Waals surface area contributed by atoms with Gasteiger partial charge < -0.3 is 18.4 Å². The zero-order valence-electron chi connectivity index (χ0n) is 29.6. The first-order chi connectivity index (χ1) is 20.6. The van der Waals surface area contributed by atoms with Crippen LogP contribution in [0.3, 0.4) is 0 Å². The summed E-state index contributed by atoms with van der Waals surface area (Å²) in [5, 5.41) is 0. The molecule has 0 atom stereocenters. The quantitative estimate of drug-likeness (QED) is 0.0695. The molecule has 0 aromatic heterocycles. The van der Waals surface area contributed by atoms with E-state index in [9.17, 15) is 9.59 Å². The predicted molar refractivity (Wildman–Crippen MR) is 182 cm³/mol. The molecule has 2 aromatic carbocycles. The molecule has 44 heavy (non-hydrogen) atoms. The van der Waals surface area contributed by atoms with Gasteiger partial charge in [-0.3, -0.25) is 0 Å². The first-order valence-electron chi connectivity index (χ1n) is 16.8. The van der Waals surface area contributed by atoms with Crippen molar-refractivity contribution in [1.29, 1.82) is 0 Å². The molecule has 6 nitrogen and oxygen atoms in total. The van der Waals surface area contributed by atoms with E-state index >= 15 is 0 Å². The number of aryl methyl sites for hydroxylation is 2. The minimum absolute atomic E-state index is 0.160. The summed E-state index contributed by atoms with van der Waals surface area (Å²) in [7, 11) is 8.47. The average molecular weight is 611 g/mol. The van der Waals surface area contributed by atoms with Gasteiger partial charge in [0.25, 0.3) is 0 Å². The molecule has 0 aliphatic carbocycles. The molecule has 0 amide bonds. The fourth-order valence-corrected chi connectivity index (χ4v) is 5.72. The van der Waals surface area contributed by atoms with Crippen LogP contribution in [0.4, 0.5) is 0 Å². The van der Waals surface area contributed by atoms with Gasteiger partial charge in [-0.15, -0.1) is 0 Å². The van der Waals surface area contributed by atoms with Gasteiger partial charge in [0.2, 0.25) is 0 Å². The molecule has 6 heteroatoms. The lowest BCUT2D eigenvalue weighted by Crippen LogP contribution is -2.45. The summed E-state index contributed by atoms with van der Waals surface area (Å²) in [5.41, 5.74) is 4.36. The third kappa shape index (κ3) is 13.9. The van der Waals surface area contributed by atoms with Crippen molar-refractivity contribution in [3.8, 4) is 11.5 Å². The highest BCUT2D eigenvalue weighted by atomic mass is 16.5. The molecule has 0 spiro atoms. The van der Waals surface area contributed by atoms with Crippen LogP contribution in [0.25, 0.3) is 0 Å². The van der Waals surface area contributed by atoms with E-state index < -0.39 is 0 Å². The molecule has 0 bridgehead atoms. The molecule has 0 N–H and O–H groups in total. The molecule has 0 fully saturated rings. The molecule has 0 unspecified atom stereocenters. The topological polar surface area (TPSA) is 52.6 Å². The molecule has 0 aliphatic heterocycles. The number of unbranched alkanes of at least 4 members (excludes halogenated alkanes) is 7. The Balaban J connectivity index is 1.58. The van der Waals surface area contributed by atoms with E-state index in [2.05, 4.69) is 80.2 Å². The molecule has 0 saturated heterocycles. The molecule has 0 aliphatic rings. The lowest BCUT2D eigenvalue weighted by Gasteiger charge is -2.29. The van der Waals surface area contributed by atoms with Gasteiger partial charge in [0.05, 0.1) is 41.3 Å². The fraction of sp³-hybridized carbons (Fsp3) is 0.632. The fourth-order valence-electron chi connectivity index (χ4n) is 5.72. The third-order valence-corrected chi connectivity index (χ3v) is 8.42. The second-order valence-corrected chi connectivity index (χ2v) is 14.8. The van der Waals surface area contributed by atoms with Gasteiger partial charge in [-0.05, 0) is 85.8 Å².